The summed E-state index contributed by atoms with van der Waals surface area (Å²) < 4.78 is 19.1. The van der Waals surface area contributed by atoms with E-state index in [0.717, 1.165) is 0 Å². The molecule has 19 heavy (non-hydrogen) atoms. The van der Waals surface area contributed by atoms with Crippen molar-refractivity contribution >= 4 is 11.2 Å². The van der Waals surface area contributed by atoms with E-state index in [1.165, 1.54) is 17.2 Å². The number of hydrogen-bond acceptors (Lipinski definition) is 6. The molecule has 9 heteroatoms. The van der Waals surface area contributed by atoms with Crippen LogP contribution in [0.15, 0.2) is 17.4 Å². The number of ether oxygens (including phenoxy) is 1. The molecule has 4 atom stereocenters. The average molecular weight is 270 g/mol. The predicted octanol–water partition coefficient (Wildman–Crippen LogP) is -1.29. The van der Waals surface area contributed by atoms with Crippen LogP contribution in [0.4, 0.5) is 4.39 Å². The summed E-state index contributed by atoms with van der Waals surface area (Å²) in [7, 11) is 0. The smallest absolute Gasteiger partial charge is 0.278 e. The molecule has 1 saturated heterocycles. The first-order chi connectivity index (χ1) is 9.13. The molecule has 0 amide bonds. The number of halogens is 1. The topological polar surface area (TPSA) is 113 Å². The molecule has 3 rings (SSSR count). The van der Waals surface area contributed by atoms with Gasteiger partial charge < -0.3 is 19.9 Å². The molecule has 0 bridgehead atoms. The zero-order chi connectivity index (χ0) is 13.6. The lowest BCUT2D eigenvalue weighted by Crippen LogP contribution is -2.32. The second kappa shape index (κ2) is 4.37. The Balaban J connectivity index is 2.06. The highest BCUT2D eigenvalue weighted by Crippen LogP contribution is 2.30. The van der Waals surface area contributed by atoms with Crippen molar-refractivity contribution in [3.63, 3.8) is 0 Å². The fourth-order valence-electron chi connectivity index (χ4n) is 2.14. The molecule has 1 aliphatic heterocycles. The fraction of sp³-hybridized carbons (Fsp3) is 0.500. The number of aliphatic hydroxyl groups is 2. The number of aliphatic hydroxyl groups excluding tert-OH is 2. The fourth-order valence-corrected chi connectivity index (χ4v) is 2.14. The predicted molar refractivity (Wildman–Crippen MR) is 60.0 cm³/mol. The van der Waals surface area contributed by atoms with Gasteiger partial charge in [-0.2, -0.15) is 0 Å². The molecule has 0 aliphatic carbocycles. The van der Waals surface area contributed by atoms with E-state index in [4.69, 9.17) is 4.74 Å². The number of alkyl halides is 1. The van der Waals surface area contributed by atoms with Gasteiger partial charge in [-0.3, -0.25) is 9.36 Å². The highest BCUT2D eigenvalue weighted by Gasteiger charge is 2.44. The summed E-state index contributed by atoms with van der Waals surface area (Å²) in [4.78, 5) is 21.7. The van der Waals surface area contributed by atoms with E-state index in [0.29, 0.717) is 0 Å². The van der Waals surface area contributed by atoms with Crippen LogP contribution in [0.3, 0.4) is 0 Å². The Morgan fingerprint density at radius 3 is 2.89 bits per heavy atom. The summed E-state index contributed by atoms with van der Waals surface area (Å²) in [6, 6.07) is 0. The van der Waals surface area contributed by atoms with Crippen molar-refractivity contribution in [3.05, 3.63) is 23.0 Å². The SMILES string of the molecule is O=c1[nH]cnc2c1ncn2[C@@H]1O[C@@H](CF)[C@@H](O)[C@H]1O. The molecule has 0 radical (unpaired) electrons. The monoisotopic (exact) mass is 270 g/mol. The van der Waals surface area contributed by atoms with Gasteiger partial charge in [-0.1, -0.05) is 0 Å². The third-order valence-corrected chi connectivity index (χ3v) is 3.13. The number of hydrogen-bond donors (Lipinski definition) is 3. The number of imidazole rings is 1. The highest BCUT2D eigenvalue weighted by atomic mass is 19.1. The first kappa shape index (κ1) is 12.2. The Hall–Kier alpha value is -1.84. The zero-order valence-corrected chi connectivity index (χ0v) is 9.60. The largest absolute Gasteiger partial charge is 0.387 e. The molecule has 1 aliphatic rings. The molecule has 2 aromatic rings. The minimum atomic E-state index is -1.34. The van der Waals surface area contributed by atoms with Crippen LogP contribution in [0.1, 0.15) is 6.23 Å². The van der Waals surface area contributed by atoms with Crippen molar-refractivity contribution in [1.82, 2.24) is 19.5 Å². The van der Waals surface area contributed by atoms with Crippen LogP contribution in [-0.4, -0.2) is 54.7 Å². The normalized spacial score (nSPS) is 31.1. The lowest BCUT2D eigenvalue weighted by Gasteiger charge is -2.16. The molecule has 102 valence electrons. The van der Waals surface area contributed by atoms with Crippen molar-refractivity contribution in [1.29, 1.82) is 0 Å². The Morgan fingerprint density at radius 2 is 2.21 bits per heavy atom. The summed E-state index contributed by atoms with van der Waals surface area (Å²) in [6.07, 6.45) is -2.36. The molecule has 2 aromatic heterocycles. The van der Waals surface area contributed by atoms with Crippen LogP contribution in [0, 0.1) is 0 Å². The van der Waals surface area contributed by atoms with Crippen LogP contribution in [0.25, 0.3) is 11.2 Å². The first-order valence-electron chi connectivity index (χ1n) is 5.61. The molecule has 3 N–H and O–H groups in total. The molecule has 8 nitrogen and oxygen atoms in total. The number of aromatic amines is 1. The third-order valence-electron chi connectivity index (χ3n) is 3.13. The molecule has 3 heterocycles. The third kappa shape index (κ3) is 1.74. The summed E-state index contributed by atoms with van der Waals surface area (Å²) in [5, 5.41) is 19.5. The lowest BCUT2D eigenvalue weighted by molar-refractivity contribution is -0.0409. The molecule has 0 unspecified atom stereocenters. The zero-order valence-electron chi connectivity index (χ0n) is 9.60. The van der Waals surface area contributed by atoms with Crippen LogP contribution in [0.5, 0.6) is 0 Å². The highest BCUT2D eigenvalue weighted by molar-refractivity contribution is 5.68. The van der Waals surface area contributed by atoms with Gasteiger partial charge in [0.15, 0.2) is 17.4 Å². The van der Waals surface area contributed by atoms with Crippen molar-refractivity contribution in [2.24, 2.45) is 0 Å². The van der Waals surface area contributed by atoms with Crippen molar-refractivity contribution < 1.29 is 19.3 Å². The van der Waals surface area contributed by atoms with Crippen LogP contribution >= 0.6 is 0 Å². The molecular formula is C10H11FN4O4. The molecular weight excluding hydrogens is 259 g/mol. The molecule has 1 fully saturated rings. The minimum Gasteiger partial charge on any atom is -0.387 e. The van der Waals surface area contributed by atoms with Gasteiger partial charge in [0.1, 0.15) is 25.0 Å². The second-order valence-corrected chi connectivity index (χ2v) is 4.26. The minimum absolute atomic E-state index is 0.0801. The Morgan fingerprint density at radius 1 is 1.42 bits per heavy atom. The number of nitrogens with zero attached hydrogens (tertiary/aromatic N) is 3. The van der Waals surface area contributed by atoms with E-state index in [9.17, 15) is 19.4 Å². The second-order valence-electron chi connectivity index (χ2n) is 4.26. The maximum Gasteiger partial charge on any atom is 0.278 e. The molecule has 0 saturated carbocycles. The summed E-state index contributed by atoms with van der Waals surface area (Å²) in [6.45, 7) is -0.921. The van der Waals surface area contributed by atoms with E-state index in [1.807, 2.05) is 0 Å². The summed E-state index contributed by atoms with van der Waals surface area (Å²) in [5.74, 6) is 0. The molecule has 0 spiro atoms. The van der Waals surface area contributed by atoms with E-state index >= 15 is 0 Å². The van der Waals surface area contributed by atoms with Crippen molar-refractivity contribution in [3.8, 4) is 0 Å². The first-order valence-corrected chi connectivity index (χ1v) is 5.61. The van der Waals surface area contributed by atoms with Crippen molar-refractivity contribution in [2.45, 2.75) is 24.5 Å². The average Bonchev–Trinajstić information content (AvgIpc) is 2.94. The summed E-state index contributed by atoms with van der Waals surface area (Å²) >= 11 is 0. The van der Waals surface area contributed by atoms with E-state index in [2.05, 4.69) is 15.0 Å². The van der Waals surface area contributed by atoms with Gasteiger partial charge in [-0.15, -0.1) is 0 Å². The Kier molecular flexibility index (Phi) is 2.81. The van der Waals surface area contributed by atoms with Crippen LogP contribution < -0.4 is 5.56 Å². The van der Waals surface area contributed by atoms with Gasteiger partial charge in [0, 0.05) is 0 Å². The Labute approximate surface area is 105 Å². The maximum absolute atomic E-state index is 12.6. The van der Waals surface area contributed by atoms with Gasteiger partial charge >= 0.3 is 0 Å². The van der Waals surface area contributed by atoms with Gasteiger partial charge in [-0.05, 0) is 0 Å². The number of nitrogens with one attached hydrogen (secondary N) is 1. The number of rotatable bonds is 2. The molecule has 0 aromatic carbocycles. The van der Waals surface area contributed by atoms with Crippen molar-refractivity contribution in [2.75, 3.05) is 6.67 Å². The van der Waals surface area contributed by atoms with Gasteiger partial charge in [0.05, 0.1) is 12.7 Å². The van der Waals surface area contributed by atoms with Crippen LogP contribution in [0.2, 0.25) is 0 Å². The van der Waals surface area contributed by atoms with Gasteiger partial charge in [-0.25, -0.2) is 14.4 Å². The van der Waals surface area contributed by atoms with E-state index in [-0.39, 0.29) is 11.2 Å². The van der Waals surface area contributed by atoms with E-state index < -0.39 is 36.8 Å². The number of aromatic nitrogens is 4. The summed E-state index contributed by atoms with van der Waals surface area (Å²) in [5.41, 5.74) is -0.158. The maximum atomic E-state index is 12.6. The van der Waals surface area contributed by atoms with E-state index in [1.54, 1.807) is 0 Å². The standard InChI is InChI=1S/C10H11FN4O4/c11-1-4-6(16)7(17)10(19-4)15-3-14-5-8(15)12-2-13-9(5)18/h2-4,6-7,10,16-17H,1H2,(H,12,13,18)/t4-,6+,7+,10+/m0/s1. The number of fused-ring (bicyclic) bond motifs is 1. The Bertz CT molecular complexity index is 656. The quantitative estimate of drug-likeness (QED) is 0.625. The lowest BCUT2D eigenvalue weighted by atomic mass is 10.1. The number of H-pyrrole nitrogens is 1. The van der Waals surface area contributed by atoms with Gasteiger partial charge in [0.25, 0.3) is 5.56 Å². The van der Waals surface area contributed by atoms with Crippen LogP contribution in [-0.2, 0) is 4.74 Å². The van der Waals surface area contributed by atoms with Gasteiger partial charge in [0.2, 0.25) is 0 Å².